The monoisotopic (exact) mass is 289 g/mol. The van der Waals surface area contributed by atoms with Crippen molar-refractivity contribution in [1.82, 2.24) is 4.58 Å². The zero-order valence-corrected chi connectivity index (χ0v) is 11.7. The highest BCUT2D eigenvalue weighted by Crippen LogP contribution is 2.34. The molecule has 6 heteroatoms. The molecule has 1 aliphatic heterocycles. The topological polar surface area (TPSA) is 46.6 Å². The maximum absolute atomic E-state index is 11.8. The summed E-state index contributed by atoms with van der Waals surface area (Å²) in [7, 11) is -3.26. The van der Waals surface area contributed by atoms with E-state index in [1.54, 1.807) is 18.2 Å². The molecular weight excluding hydrogens is 274 g/mol. The second kappa shape index (κ2) is 5.57. The predicted octanol–water partition coefficient (Wildman–Crippen LogP) is 2.70. The minimum Gasteiger partial charge on any atom is -0.283 e. The fraction of sp³-hybridized carbons (Fsp3) is 0.500. The van der Waals surface area contributed by atoms with E-state index in [9.17, 15) is 8.42 Å². The molecule has 18 heavy (non-hydrogen) atoms. The molecule has 0 saturated carbocycles. The second-order valence-corrected chi connectivity index (χ2v) is 6.74. The van der Waals surface area contributed by atoms with Gasteiger partial charge in [0.2, 0.25) is 0 Å². The summed E-state index contributed by atoms with van der Waals surface area (Å²) in [5, 5.41) is 0. The van der Waals surface area contributed by atoms with Crippen molar-refractivity contribution in [2.75, 3.05) is 12.9 Å². The highest BCUT2D eigenvalue weighted by atomic mass is 35.5. The number of nitrogens with zero attached hydrogens (tertiary/aromatic N) is 1. The maximum Gasteiger partial charge on any atom is 0.175 e. The Kier molecular flexibility index (Phi) is 4.27. The minimum absolute atomic E-state index is 0.222. The quantitative estimate of drug-likeness (QED) is 0.786. The molecule has 0 spiro atoms. The van der Waals surface area contributed by atoms with E-state index >= 15 is 0 Å². The summed E-state index contributed by atoms with van der Waals surface area (Å²) in [5.41, 5.74) is 0.705. The Labute approximate surface area is 112 Å². The van der Waals surface area contributed by atoms with E-state index in [2.05, 4.69) is 0 Å². The number of hydroxylamine groups is 1. The summed E-state index contributed by atoms with van der Waals surface area (Å²) in [6.45, 7) is 0.570. The molecule has 1 heterocycles. The first-order chi connectivity index (χ1) is 8.50. The van der Waals surface area contributed by atoms with E-state index in [-0.39, 0.29) is 6.04 Å². The summed E-state index contributed by atoms with van der Waals surface area (Å²) in [5.74, 6) is 0. The van der Waals surface area contributed by atoms with Crippen LogP contribution in [0.2, 0.25) is 0 Å². The molecule has 2 rings (SSSR count). The smallest absolute Gasteiger partial charge is 0.175 e. The Morgan fingerprint density at radius 1 is 1.33 bits per heavy atom. The number of halogens is 1. The molecule has 0 aliphatic carbocycles. The van der Waals surface area contributed by atoms with Gasteiger partial charge in [0.25, 0.3) is 0 Å². The van der Waals surface area contributed by atoms with Crippen LogP contribution in [0.4, 0.5) is 0 Å². The van der Waals surface area contributed by atoms with Gasteiger partial charge in [0.15, 0.2) is 9.84 Å². The van der Waals surface area contributed by atoms with Crippen LogP contribution in [-0.4, -0.2) is 25.9 Å². The number of rotatable bonds is 2. The molecule has 0 radical (unpaired) electrons. The number of benzene rings is 1. The van der Waals surface area contributed by atoms with Gasteiger partial charge in [-0.25, -0.2) is 8.42 Å². The number of hydrogen-bond donors (Lipinski definition) is 0. The standard InChI is InChI=1S/C12H16ClNO3S/c1-18(15,16)12-8-3-2-6-10(12)11-7-4-5-9-17-14(11)13/h2-3,6,8,11H,4-5,7,9H2,1H3. The Morgan fingerprint density at radius 3 is 2.78 bits per heavy atom. The summed E-state index contributed by atoms with van der Waals surface area (Å²) in [6.07, 6.45) is 3.89. The van der Waals surface area contributed by atoms with E-state index < -0.39 is 9.84 Å². The Bertz CT molecular complexity index is 518. The van der Waals surface area contributed by atoms with Crippen LogP contribution >= 0.6 is 11.8 Å². The van der Waals surface area contributed by atoms with Gasteiger partial charge in [-0.1, -0.05) is 22.8 Å². The lowest BCUT2D eigenvalue weighted by atomic mass is 10.0. The molecule has 1 fully saturated rings. The Hall–Kier alpha value is -0.620. The zero-order valence-electron chi connectivity index (χ0n) is 10.2. The second-order valence-electron chi connectivity index (χ2n) is 4.43. The highest BCUT2D eigenvalue weighted by molar-refractivity contribution is 7.90. The average Bonchev–Trinajstić information content (AvgIpc) is 2.53. The molecule has 0 amide bonds. The number of hydrogen-bond acceptors (Lipinski definition) is 4. The van der Waals surface area contributed by atoms with Gasteiger partial charge in [0.05, 0.1) is 17.5 Å². The molecule has 1 unspecified atom stereocenters. The van der Waals surface area contributed by atoms with E-state index in [1.165, 1.54) is 10.8 Å². The van der Waals surface area contributed by atoms with Crippen LogP contribution in [-0.2, 0) is 14.7 Å². The van der Waals surface area contributed by atoms with E-state index in [4.69, 9.17) is 16.6 Å². The van der Waals surface area contributed by atoms with Gasteiger partial charge < -0.3 is 0 Å². The molecule has 0 N–H and O–H groups in total. The summed E-state index contributed by atoms with van der Waals surface area (Å²) >= 11 is 6.06. The van der Waals surface area contributed by atoms with E-state index in [1.807, 2.05) is 6.07 Å². The van der Waals surface area contributed by atoms with E-state index in [0.29, 0.717) is 17.1 Å². The number of sulfone groups is 1. The average molecular weight is 290 g/mol. The van der Waals surface area contributed by atoms with Gasteiger partial charge in [-0.15, -0.1) is 0 Å². The highest BCUT2D eigenvalue weighted by Gasteiger charge is 2.27. The Morgan fingerprint density at radius 2 is 2.06 bits per heavy atom. The third-order valence-corrected chi connectivity index (χ3v) is 4.51. The molecule has 1 aromatic carbocycles. The molecule has 4 nitrogen and oxygen atoms in total. The maximum atomic E-state index is 11.8. The molecule has 1 atom stereocenters. The van der Waals surface area contributed by atoms with Crippen LogP contribution in [0.25, 0.3) is 0 Å². The van der Waals surface area contributed by atoms with Crippen molar-refractivity contribution in [3.05, 3.63) is 29.8 Å². The van der Waals surface area contributed by atoms with Crippen molar-refractivity contribution in [1.29, 1.82) is 0 Å². The van der Waals surface area contributed by atoms with Crippen molar-refractivity contribution in [2.45, 2.75) is 30.2 Å². The van der Waals surface area contributed by atoms with Crippen molar-refractivity contribution in [3.63, 3.8) is 0 Å². The van der Waals surface area contributed by atoms with Gasteiger partial charge in [-0.3, -0.25) is 4.84 Å². The third kappa shape index (κ3) is 3.03. The third-order valence-electron chi connectivity index (χ3n) is 3.01. The first-order valence-electron chi connectivity index (χ1n) is 5.87. The summed E-state index contributed by atoms with van der Waals surface area (Å²) in [4.78, 5) is 5.67. The largest absolute Gasteiger partial charge is 0.283 e. The molecule has 1 saturated heterocycles. The van der Waals surface area contributed by atoms with Gasteiger partial charge in [-0.05, 0) is 30.9 Å². The molecule has 1 aromatic rings. The fourth-order valence-corrected chi connectivity index (χ4v) is 3.37. The SMILES string of the molecule is CS(=O)(=O)c1ccccc1C1CCCCON1Cl. The van der Waals surface area contributed by atoms with Gasteiger partial charge in [0.1, 0.15) is 0 Å². The lowest BCUT2D eigenvalue weighted by molar-refractivity contribution is -0.104. The normalized spacial score (nSPS) is 22.7. The fourth-order valence-electron chi connectivity index (χ4n) is 2.14. The molecule has 0 aromatic heterocycles. The van der Waals surface area contributed by atoms with Crippen LogP contribution in [0, 0.1) is 0 Å². The van der Waals surface area contributed by atoms with E-state index in [0.717, 1.165) is 19.3 Å². The molecule has 0 bridgehead atoms. The molecule has 100 valence electrons. The molecule has 1 aliphatic rings. The lowest BCUT2D eigenvalue weighted by Crippen LogP contribution is -2.20. The van der Waals surface area contributed by atoms with Gasteiger partial charge >= 0.3 is 0 Å². The first kappa shape index (κ1) is 13.8. The van der Waals surface area contributed by atoms with Crippen molar-refractivity contribution in [3.8, 4) is 0 Å². The lowest BCUT2D eigenvalue weighted by Gasteiger charge is -2.23. The van der Waals surface area contributed by atoms with Crippen LogP contribution in [0.15, 0.2) is 29.2 Å². The van der Waals surface area contributed by atoms with Crippen molar-refractivity contribution < 1.29 is 13.3 Å². The molecular formula is C12H16ClNO3S. The Balaban J connectivity index is 2.43. The van der Waals surface area contributed by atoms with Crippen molar-refractivity contribution in [2.24, 2.45) is 0 Å². The summed E-state index contributed by atoms with van der Waals surface area (Å²) in [6, 6.07) is 6.72. The minimum atomic E-state index is -3.26. The predicted molar refractivity (Wildman–Crippen MR) is 69.8 cm³/mol. The van der Waals surface area contributed by atoms with Crippen molar-refractivity contribution >= 4 is 21.6 Å². The van der Waals surface area contributed by atoms with Crippen LogP contribution in [0.1, 0.15) is 30.9 Å². The van der Waals surface area contributed by atoms with Crippen LogP contribution in [0.3, 0.4) is 0 Å². The van der Waals surface area contributed by atoms with Gasteiger partial charge in [-0.2, -0.15) is 0 Å². The van der Waals surface area contributed by atoms with Crippen LogP contribution < -0.4 is 0 Å². The van der Waals surface area contributed by atoms with Gasteiger partial charge in [0, 0.05) is 18.0 Å². The van der Waals surface area contributed by atoms with Crippen LogP contribution in [0.5, 0.6) is 0 Å². The zero-order chi connectivity index (χ0) is 13.2. The summed E-state index contributed by atoms with van der Waals surface area (Å²) < 4.78 is 24.8. The first-order valence-corrected chi connectivity index (χ1v) is 8.10.